The Balaban J connectivity index is 1.36. The Kier molecular flexibility index (Phi) is 4.02. The average molecular weight is 462 g/mol. The fourth-order valence-electron chi connectivity index (χ4n) is 5.89. The van der Waals surface area contributed by atoms with E-state index in [1.165, 1.54) is 4.90 Å². The predicted molar refractivity (Wildman–Crippen MR) is 114 cm³/mol. The van der Waals surface area contributed by atoms with Gasteiger partial charge in [0, 0.05) is 27.4 Å². The number of amides is 2. The van der Waals surface area contributed by atoms with Crippen molar-refractivity contribution in [2.45, 2.75) is 12.5 Å². The molecule has 4 aliphatic rings. The molecular weight excluding hydrogens is 447 g/mol. The summed E-state index contributed by atoms with van der Waals surface area (Å²) < 4.78 is 0. The van der Waals surface area contributed by atoms with E-state index in [-0.39, 0.29) is 47.5 Å². The molecule has 2 aromatic carbocycles. The number of carbonyl (C=O) groups excluding carboxylic acids is 2. The molecule has 30 heavy (non-hydrogen) atoms. The van der Waals surface area contributed by atoms with Gasteiger partial charge in [-0.15, -0.1) is 0 Å². The maximum Gasteiger partial charge on any atom is 0.238 e. The highest BCUT2D eigenvalue weighted by Gasteiger charge is 2.70. The van der Waals surface area contributed by atoms with Gasteiger partial charge >= 0.3 is 0 Å². The lowest BCUT2D eigenvalue weighted by Gasteiger charge is -2.30. The molecule has 6 rings (SSSR count). The van der Waals surface area contributed by atoms with Crippen LogP contribution in [0.4, 0.5) is 5.69 Å². The number of benzene rings is 2. The van der Waals surface area contributed by atoms with Crippen molar-refractivity contribution in [3.05, 3.63) is 63.1 Å². The highest BCUT2D eigenvalue weighted by atomic mass is 35.5. The smallest absolute Gasteiger partial charge is 0.238 e. The summed E-state index contributed by atoms with van der Waals surface area (Å²) in [6, 6.07) is 12.1. The molecule has 152 valence electrons. The van der Waals surface area contributed by atoms with Gasteiger partial charge in [-0.25, -0.2) is 0 Å². The molecule has 2 aliphatic heterocycles. The minimum absolute atomic E-state index is 0.00764. The first-order valence-electron chi connectivity index (χ1n) is 9.78. The van der Waals surface area contributed by atoms with Gasteiger partial charge in [-0.05, 0) is 48.7 Å². The second-order valence-electron chi connectivity index (χ2n) is 8.30. The van der Waals surface area contributed by atoms with Crippen molar-refractivity contribution in [1.29, 1.82) is 0 Å². The van der Waals surface area contributed by atoms with Crippen molar-refractivity contribution in [2.24, 2.45) is 34.7 Å². The zero-order valence-corrected chi connectivity index (χ0v) is 17.7. The second kappa shape index (κ2) is 6.46. The van der Waals surface area contributed by atoms with Crippen molar-refractivity contribution in [3.63, 3.8) is 0 Å². The molecule has 2 saturated carbocycles. The Bertz CT molecular complexity index is 1130. The minimum Gasteiger partial charge on any atom is -0.391 e. The minimum atomic E-state index is -0.366. The second-order valence-corrected chi connectivity index (χ2v) is 9.58. The summed E-state index contributed by atoms with van der Waals surface area (Å²) in [7, 11) is 0. The third kappa shape index (κ3) is 2.40. The maximum atomic E-state index is 13.4. The summed E-state index contributed by atoms with van der Waals surface area (Å²) in [6.07, 6.45) is 0.570. The average Bonchev–Trinajstić information content (AvgIpc) is 3.44. The van der Waals surface area contributed by atoms with E-state index < -0.39 is 0 Å². The Morgan fingerprint density at radius 3 is 2.23 bits per heavy atom. The van der Waals surface area contributed by atoms with Gasteiger partial charge in [-0.3, -0.25) is 14.5 Å². The van der Waals surface area contributed by atoms with Gasteiger partial charge in [0.25, 0.3) is 0 Å². The van der Waals surface area contributed by atoms with Crippen LogP contribution in [-0.4, -0.2) is 23.6 Å². The van der Waals surface area contributed by atoms with Crippen molar-refractivity contribution in [1.82, 2.24) is 0 Å². The SMILES string of the molecule is O=C1[C@@H]2[C@H]3C[C@@H]([C@@H]4C(c5ccc(Cl)cc5Cl)=NO[C@H]34)[C@@H]2C(=O)N1c1ccc(Cl)cc1. The molecule has 0 unspecified atom stereocenters. The zero-order valence-electron chi connectivity index (χ0n) is 15.5. The Hall–Kier alpha value is -2.08. The lowest BCUT2D eigenvalue weighted by Crippen LogP contribution is -2.41. The zero-order chi connectivity index (χ0) is 20.7. The molecule has 0 N–H and O–H groups in total. The van der Waals surface area contributed by atoms with Crippen LogP contribution in [0.3, 0.4) is 0 Å². The first kappa shape index (κ1) is 18.7. The topological polar surface area (TPSA) is 59.0 Å². The van der Waals surface area contributed by atoms with E-state index in [0.29, 0.717) is 20.8 Å². The molecule has 2 bridgehead atoms. The fraction of sp³-hybridized carbons (Fsp3) is 0.318. The number of nitrogens with zero attached hydrogens (tertiary/aromatic N) is 2. The molecule has 2 aromatic rings. The fourth-order valence-corrected chi connectivity index (χ4v) is 6.52. The number of carbonyl (C=O) groups is 2. The summed E-state index contributed by atoms with van der Waals surface area (Å²) in [4.78, 5) is 33.7. The van der Waals surface area contributed by atoms with Gasteiger partial charge in [0.2, 0.25) is 11.8 Å². The number of anilines is 1. The van der Waals surface area contributed by atoms with Crippen molar-refractivity contribution < 1.29 is 14.4 Å². The lowest BCUT2D eigenvalue weighted by molar-refractivity contribution is -0.125. The lowest BCUT2D eigenvalue weighted by atomic mass is 9.71. The molecule has 0 spiro atoms. The van der Waals surface area contributed by atoms with Gasteiger partial charge in [0.15, 0.2) is 0 Å². The van der Waals surface area contributed by atoms with Gasteiger partial charge in [0.1, 0.15) is 6.10 Å². The largest absolute Gasteiger partial charge is 0.391 e. The predicted octanol–water partition coefficient (Wildman–Crippen LogP) is 4.82. The van der Waals surface area contributed by atoms with E-state index in [1.54, 1.807) is 36.4 Å². The molecule has 0 radical (unpaired) electrons. The van der Waals surface area contributed by atoms with Crippen LogP contribution in [0.25, 0.3) is 0 Å². The van der Waals surface area contributed by atoms with Crippen molar-refractivity contribution in [3.8, 4) is 0 Å². The molecule has 2 heterocycles. The van der Waals surface area contributed by atoms with E-state index in [0.717, 1.165) is 17.7 Å². The number of fused-ring (bicyclic) bond motifs is 8. The summed E-state index contributed by atoms with van der Waals surface area (Å²) >= 11 is 18.4. The number of hydrogen-bond donors (Lipinski definition) is 0. The standard InChI is InChI=1S/C22H15Cl3N2O3/c23-9-1-4-11(5-2-9)27-21(28)16-13-8-14(17(16)22(27)29)20-18(13)19(26-30-20)12-6-3-10(24)7-15(12)25/h1-7,13-14,16-18,20H,8H2/t13-,14-,16+,17-,18-,20-/m1/s1. The van der Waals surface area contributed by atoms with E-state index in [4.69, 9.17) is 39.6 Å². The summed E-state index contributed by atoms with van der Waals surface area (Å²) in [5, 5.41) is 5.93. The van der Waals surface area contributed by atoms with Crippen LogP contribution in [-0.2, 0) is 14.4 Å². The highest BCUT2D eigenvalue weighted by Crippen LogP contribution is 2.62. The van der Waals surface area contributed by atoms with Crippen molar-refractivity contribution in [2.75, 3.05) is 4.90 Å². The third-order valence-corrected chi connectivity index (χ3v) is 7.78. The van der Waals surface area contributed by atoms with Crippen LogP contribution in [0.5, 0.6) is 0 Å². The molecule has 8 heteroatoms. The first-order valence-corrected chi connectivity index (χ1v) is 10.9. The molecule has 3 fully saturated rings. The van der Waals surface area contributed by atoms with Gasteiger partial charge in [-0.1, -0.05) is 46.0 Å². The van der Waals surface area contributed by atoms with E-state index in [9.17, 15) is 9.59 Å². The quantitative estimate of drug-likeness (QED) is 0.602. The maximum absolute atomic E-state index is 13.4. The van der Waals surface area contributed by atoms with Crippen LogP contribution in [0, 0.1) is 29.6 Å². The molecule has 1 saturated heterocycles. The highest BCUT2D eigenvalue weighted by molar-refractivity contribution is 6.37. The van der Waals surface area contributed by atoms with Crippen LogP contribution in [0.15, 0.2) is 47.6 Å². The molecule has 5 nitrogen and oxygen atoms in total. The van der Waals surface area contributed by atoms with Gasteiger partial charge < -0.3 is 4.84 Å². The number of oxime groups is 1. The van der Waals surface area contributed by atoms with Gasteiger partial charge in [0.05, 0.1) is 28.3 Å². The third-order valence-electron chi connectivity index (χ3n) is 6.98. The van der Waals surface area contributed by atoms with Crippen LogP contribution >= 0.6 is 34.8 Å². The number of rotatable bonds is 2. The summed E-state index contributed by atoms with van der Waals surface area (Å²) in [5.41, 5.74) is 2.07. The van der Waals surface area contributed by atoms with E-state index in [2.05, 4.69) is 5.16 Å². The van der Waals surface area contributed by atoms with E-state index >= 15 is 0 Å². The Labute approximate surface area is 187 Å². The molecular formula is C22H15Cl3N2O3. The Morgan fingerprint density at radius 1 is 0.867 bits per heavy atom. The van der Waals surface area contributed by atoms with Crippen LogP contribution in [0.1, 0.15) is 12.0 Å². The monoisotopic (exact) mass is 460 g/mol. The molecule has 6 atom stereocenters. The number of hydrogen-bond acceptors (Lipinski definition) is 4. The number of halogens is 3. The van der Waals surface area contributed by atoms with Crippen LogP contribution in [0.2, 0.25) is 15.1 Å². The molecule has 2 aliphatic carbocycles. The van der Waals surface area contributed by atoms with E-state index in [1.807, 2.05) is 6.07 Å². The number of imide groups is 1. The Morgan fingerprint density at radius 2 is 1.53 bits per heavy atom. The summed E-state index contributed by atoms with van der Waals surface area (Å²) in [6.45, 7) is 0. The molecule has 0 aromatic heterocycles. The van der Waals surface area contributed by atoms with Crippen molar-refractivity contribution >= 4 is 58.0 Å². The normalized spacial score (nSPS) is 33.6. The first-order chi connectivity index (χ1) is 14.5. The summed E-state index contributed by atoms with van der Waals surface area (Å²) in [5.74, 6) is -1.13. The molecule has 2 amide bonds. The van der Waals surface area contributed by atoms with Crippen LogP contribution < -0.4 is 4.90 Å². The van der Waals surface area contributed by atoms with Gasteiger partial charge in [-0.2, -0.15) is 0 Å².